The second kappa shape index (κ2) is 3.65. The first-order valence-electron chi connectivity index (χ1n) is 3.51. The van der Waals surface area contributed by atoms with Gasteiger partial charge < -0.3 is 0 Å². The number of hydrogen-bond acceptors (Lipinski definition) is 4. The fraction of sp³-hybridized carbons (Fsp3) is 0.125. The van der Waals surface area contributed by atoms with Gasteiger partial charge in [-0.1, -0.05) is 0 Å². The van der Waals surface area contributed by atoms with Gasteiger partial charge in [-0.2, -0.15) is 5.26 Å². The number of nitrogens with zero attached hydrogens (tertiary/aromatic N) is 2. The van der Waals surface area contributed by atoms with Crippen LogP contribution in [0.15, 0.2) is 12.1 Å². The molecule has 0 aliphatic carbocycles. The largest absolute Gasteiger partial charge is 0.293 e. The molecule has 1 heterocycles. The molecule has 5 heteroatoms. The Morgan fingerprint density at radius 2 is 2.38 bits per heavy atom. The molecule has 0 saturated heterocycles. The number of nitriles is 1. The van der Waals surface area contributed by atoms with E-state index in [1.165, 1.54) is 17.6 Å². The quantitative estimate of drug-likeness (QED) is 0.479. The number of rotatable bonds is 1. The summed E-state index contributed by atoms with van der Waals surface area (Å²) >= 11 is 0. The number of carbonyl (C=O) groups excluding carboxylic acids is 1. The average Bonchev–Trinajstić information content (AvgIpc) is 2.16. The monoisotopic (exact) mass is 177 g/mol. The van der Waals surface area contributed by atoms with E-state index >= 15 is 0 Å². The summed E-state index contributed by atoms with van der Waals surface area (Å²) in [4.78, 5) is 14.7. The van der Waals surface area contributed by atoms with Gasteiger partial charge >= 0.3 is 0 Å². The zero-order chi connectivity index (χ0) is 9.84. The molecule has 0 atom stereocenters. The fourth-order valence-electron chi connectivity index (χ4n) is 0.863. The molecule has 0 fully saturated rings. The number of amides is 1. The van der Waals surface area contributed by atoms with Crippen LogP contribution in [0.4, 0.5) is 0 Å². The third kappa shape index (κ3) is 1.80. The highest BCUT2D eigenvalue weighted by Crippen LogP contribution is 2.04. The maximum absolute atomic E-state index is 10.9. The highest BCUT2D eigenvalue weighted by atomic mass is 16.5. The number of aromatic nitrogens is 1. The van der Waals surface area contributed by atoms with Crippen LogP contribution in [0.25, 0.3) is 0 Å². The number of pyridine rings is 1. The van der Waals surface area contributed by atoms with E-state index in [4.69, 9.17) is 10.5 Å². The van der Waals surface area contributed by atoms with Crippen LogP contribution in [-0.4, -0.2) is 16.1 Å². The van der Waals surface area contributed by atoms with Crippen LogP contribution in [0, 0.1) is 18.3 Å². The second-order valence-electron chi connectivity index (χ2n) is 2.38. The van der Waals surface area contributed by atoms with Crippen LogP contribution in [0.1, 0.15) is 21.7 Å². The molecule has 0 radical (unpaired) electrons. The molecule has 1 amide bonds. The standard InChI is InChI=1S/C8H7N3O2/c1-5-6(4-9)2-3-7(10-5)8(12)11-13/h2-3,13H,1H3,(H,11,12). The molecule has 0 aliphatic rings. The van der Waals surface area contributed by atoms with Gasteiger partial charge in [0, 0.05) is 0 Å². The van der Waals surface area contributed by atoms with Crippen LogP contribution in [0.2, 0.25) is 0 Å². The highest BCUT2D eigenvalue weighted by molar-refractivity contribution is 5.91. The minimum Gasteiger partial charge on any atom is -0.288 e. The molecular weight excluding hydrogens is 170 g/mol. The molecule has 1 aromatic heterocycles. The van der Waals surface area contributed by atoms with Crippen LogP contribution >= 0.6 is 0 Å². The predicted molar refractivity (Wildman–Crippen MR) is 42.9 cm³/mol. The first kappa shape index (κ1) is 9.16. The minimum absolute atomic E-state index is 0.0824. The Hall–Kier alpha value is -1.93. The Labute approximate surface area is 74.6 Å². The van der Waals surface area contributed by atoms with E-state index < -0.39 is 5.91 Å². The summed E-state index contributed by atoms with van der Waals surface area (Å²) in [6.45, 7) is 1.62. The summed E-state index contributed by atoms with van der Waals surface area (Å²) in [5.74, 6) is -0.687. The summed E-state index contributed by atoms with van der Waals surface area (Å²) in [5.41, 5.74) is 2.42. The van der Waals surface area contributed by atoms with Crippen molar-refractivity contribution < 1.29 is 10.0 Å². The van der Waals surface area contributed by atoms with Gasteiger partial charge in [0.1, 0.15) is 11.8 Å². The summed E-state index contributed by atoms with van der Waals surface area (Å²) in [6, 6.07) is 4.77. The summed E-state index contributed by atoms with van der Waals surface area (Å²) < 4.78 is 0. The zero-order valence-electron chi connectivity index (χ0n) is 6.90. The molecule has 0 spiro atoms. The van der Waals surface area contributed by atoms with Crippen LogP contribution in [0.5, 0.6) is 0 Å². The van der Waals surface area contributed by atoms with E-state index in [9.17, 15) is 4.79 Å². The van der Waals surface area contributed by atoms with Crippen molar-refractivity contribution in [3.63, 3.8) is 0 Å². The van der Waals surface area contributed by atoms with Crippen molar-refractivity contribution in [2.24, 2.45) is 0 Å². The summed E-state index contributed by atoms with van der Waals surface area (Å²) in [7, 11) is 0. The van der Waals surface area contributed by atoms with E-state index in [1.54, 1.807) is 6.92 Å². The van der Waals surface area contributed by atoms with Gasteiger partial charge in [0.25, 0.3) is 5.91 Å². The van der Waals surface area contributed by atoms with Crippen molar-refractivity contribution in [2.45, 2.75) is 6.92 Å². The molecule has 0 unspecified atom stereocenters. The van der Waals surface area contributed by atoms with Crippen molar-refractivity contribution in [3.05, 3.63) is 29.1 Å². The molecule has 1 rings (SSSR count). The fourth-order valence-corrected chi connectivity index (χ4v) is 0.863. The van der Waals surface area contributed by atoms with Gasteiger partial charge in [-0.25, -0.2) is 10.5 Å². The maximum atomic E-state index is 10.9. The Morgan fingerprint density at radius 1 is 1.69 bits per heavy atom. The van der Waals surface area contributed by atoms with E-state index in [-0.39, 0.29) is 5.69 Å². The predicted octanol–water partition coefficient (Wildman–Crippen LogP) is 0.381. The van der Waals surface area contributed by atoms with Gasteiger partial charge in [-0.15, -0.1) is 0 Å². The summed E-state index contributed by atoms with van der Waals surface area (Å²) in [5, 5.41) is 16.9. The van der Waals surface area contributed by atoms with Gasteiger partial charge in [0.2, 0.25) is 0 Å². The first-order valence-corrected chi connectivity index (χ1v) is 3.51. The van der Waals surface area contributed by atoms with Crippen LogP contribution in [0.3, 0.4) is 0 Å². The number of hydrogen-bond donors (Lipinski definition) is 2. The lowest BCUT2D eigenvalue weighted by Gasteiger charge is -1.99. The topological polar surface area (TPSA) is 86.0 Å². The lowest BCUT2D eigenvalue weighted by molar-refractivity contribution is 0.0700. The molecule has 2 N–H and O–H groups in total. The molecule has 0 bridgehead atoms. The molecule has 0 aliphatic heterocycles. The smallest absolute Gasteiger partial charge is 0.288 e. The van der Waals surface area contributed by atoms with E-state index in [0.29, 0.717) is 11.3 Å². The number of hydroxylamine groups is 1. The lowest BCUT2D eigenvalue weighted by Crippen LogP contribution is -2.20. The Bertz CT molecular complexity index is 381. The van der Waals surface area contributed by atoms with Crippen LogP contribution < -0.4 is 5.48 Å². The molecule has 66 valence electrons. The Morgan fingerprint density at radius 3 is 2.85 bits per heavy atom. The number of aryl methyl sites for hydroxylation is 1. The lowest BCUT2D eigenvalue weighted by atomic mass is 10.2. The highest BCUT2D eigenvalue weighted by Gasteiger charge is 2.07. The SMILES string of the molecule is Cc1nc(C(=O)NO)ccc1C#N. The molecule has 0 aromatic carbocycles. The summed E-state index contributed by atoms with van der Waals surface area (Å²) in [6.07, 6.45) is 0. The minimum atomic E-state index is -0.687. The van der Waals surface area contributed by atoms with Crippen molar-refractivity contribution in [3.8, 4) is 6.07 Å². The van der Waals surface area contributed by atoms with Crippen molar-refractivity contribution >= 4 is 5.91 Å². The van der Waals surface area contributed by atoms with E-state index in [1.807, 2.05) is 6.07 Å². The van der Waals surface area contributed by atoms with Gasteiger partial charge in [0.05, 0.1) is 11.3 Å². The maximum Gasteiger partial charge on any atom is 0.293 e. The van der Waals surface area contributed by atoms with E-state index in [2.05, 4.69) is 4.98 Å². The average molecular weight is 177 g/mol. The second-order valence-corrected chi connectivity index (χ2v) is 2.38. The Balaban J connectivity index is 3.11. The van der Waals surface area contributed by atoms with Crippen molar-refractivity contribution in [2.75, 3.05) is 0 Å². The first-order chi connectivity index (χ1) is 6.19. The van der Waals surface area contributed by atoms with E-state index in [0.717, 1.165) is 0 Å². The van der Waals surface area contributed by atoms with Gasteiger partial charge in [0.15, 0.2) is 0 Å². The third-order valence-corrected chi connectivity index (χ3v) is 1.54. The molecule has 1 aromatic rings. The van der Waals surface area contributed by atoms with Gasteiger partial charge in [-0.3, -0.25) is 10.0 Å². The number of nitrogens with one attached hydrogen (secondary N) is 1. The molecular formula is C8H7N3O2. The Kier molecular flexibility index (Phi) is 2.57. The number of carbonyl (C=O) groups is 1. The normalized spacial score (nSPS) is 9.00. The molecule has 0 saturated carbocycles. The van der Waals surface area contributed by atoms with Crippen LogP contribution in [-0.2, 0) is 0 Å². The molecule has 13 heavy (non-hydrogen) atoms. The molecule has 5 nitrogen and oxygen atoms in total. The third-order valence-electron chi connectivity index (χ3n) is 1.54. The zero-order valence-corrected chi connectivity index (χ0v) is 6.90. The van der Waals surface area contributed by atoms with Crippen molar-refractivity contribution in [1.82, 2.24) is 10.5 Å². The van der Waals surface area contributed by atoms with Gasteiger partial charge in [-0.05, 0) is 19.1 Å². The van der Waals surface area contributed by atoms with Crippen molar-refractivity contribution in [1.29, 1.82) is 5.26 Å².